The number of nitrogens with zero attached hydrogens (tertiary/aromatic N) is 2. The molecule has 0 unspecified atom stereocenters. The van der Waals surface area contributed by atoms with Crippen molar-refractivity contribution in [1.29, 1.82) is 0 Å². The predicted octanol–water partition coefficient (Wildman–Crippen LogP) is 9.20. The molecule has 0 aliphatic rings. The largest absolute Gasteiger partial charge is 0.344 e. The molecule has 2 heteroatoms. The first-order valence-electron chi connectivity index (χ1n) is 12.3. The van der Waals surface area contributed by atoms with Crippen molar-refractivity contribution >= 4 is 44.3 Å². The fraction of sp³-hybridized carbons (Fsp3) is 0.0588. The van der Waals surface area contributed by atoms with Crippen molar-refractivity contribution in [2.45, 2.75) is 0 Å². The van der Waals surface area contributed by atoms with Crippen LogP contribution >= 0.6 is 0 Å². The molecule has 0 atom stereocenters. The van der Waals surface area contributed by atoms with Crippen LogP contribution in [0.5, 0.6) is 0 Å². The van der Waals surface area contributed by atoms with E-state index in [1.54, 1.807) is 0 Å². The van der Waals surface area contributed by atoms with E-state index in [-0.39, 0.29) is 0 Å². The second-order valence-electron chi connectivity index (χ2n) is 9.15. The zero-order valence-electron chi connectivity index (χ0n) is 20.6. The molecule has 0 heterocycles. The van der Waals surface area contributed by atoms with Crippen molar-refractivity contribution in [2.75, 3.05) is 23.9 Å². The number of benzene rings is 6. The molecule has 0 aromatic heterocycles. The van der Waals surface area contributed by atoms with E-state index in [0.717, 1.165) is 11.4 Å². The van der Waals surface area contributed by atoms with E-state index in [0.29, 0.717) is 0 Å². The van der Waals surface area contributed by atoms with E-state index in [9.17, 15) is 0 Å². The minimum atomic E-state index is 1.16. The summed E-state index contributed by atoms with van der Waals surface area (Å²) in [6, 6.07) is 47.6. The van der Waals surface area contributed by atoms with Crippen LogP contribution in [0.2, 0.25) is 0 Å². The number of hydrogen-bond donors (Lipinski definition) is 0. The third-order valence-corrected chi connectivity index (χ3v) is 7.07. The van der Waals surface area contributed by atoms with Gasteiger partial charge in [-0.15, -0.1) is 0 Å². The maximum atomic E-state index is 2.30. The van der Waals surface area contributed by atoms with Gasteiger partial charge in [-0.1, -0.05) is 97.1 Å². The Balaban J connectivity index is 1.72. The molecular weight excluding hydrogens is 436 g/mol. The second kappa shape index (κ2) is 9.24. The van der Waals surface area contributed by atoms with Crippen LogP contribution < -0.4 is 9.80 Å². The highest BCUT2D eigenvalue weighted by Crippen LogP contribution is 2.47. The van der Waals surface area contributed by atoms with Crippen LogP contribution in [0.3, 0.4) is 0 Å². The third-order valence-electron chi connectivity index (χ3n) is 7.07. The lowest BCUT2D eigenvalue weighted by Crippen LogP contribution is -2.13. The summed E-state index contributed by atoms with van der Waals surface area (Å²) >= 11 is 0. The lowest BCUT2D eigenvalue weighted by atomic mass is 9.90. The summed E-state index contributed by atoms with van der Waals surface area (Å²) in [5.74, 6) is 0. The molecule has 174 valence electrons. The van der Waals surface area contributed by atoms with Crippen LogP contribution in [0.1, 0.15) is 0 Å². The summed E-state index contributed by atoms with van der Waals surface area (Å²) < 4.78 is 0. The van der Waals surface area contributed by atoms with Crippen LogP contribution in [0.15, 0.2) is 133 Å². The maximum Gasteiger partial charge on any atom is 0.0495 e. The molecule has 0 radical (unpaired) electrons. The molecular formula is C34H28N2. The Labute approximate surface area is 212 Å². The van der Waals surface area contributed by atoms with Gasteiger partial charge in [0, 0.05) is 48.0 Å². The summed E-state index contributed by atoms with van der Waals surface area (Å²) in [6.45, 7) is 0. The van der Waals surface area contributed by atoms with Gasteiger partial charge in [-0.3, -0.25) is 0 Å². The first-order valence-corrected chi connectivity index (χ1v) is 12.3. The van der Waals surface area contributed by atoms with Gasteiger partial charge in [0.05, 0.1) is 0 Å². The number of anilines is 4. The maximum absolute atomic E-state index is 2.30. The molecule has 6 aromatic carbocycles. The molecule has 6 aromatic rings. The third kappa shape index (κ3) is 3.77. The SMILES string of the molecule is CN(c1ccccc1)c1ccc2ccccc2c1-c1c(N(C)c2ccccc2)ccc2ccccc12. The Morgan fingerprint density at radius 3 is 1.14 bits per heavy atom. The van der Waals surface area contributed by atoms with Crippen LogP contribution in [0, 0.1) is 0 Å². The Morgan fingerprint density at radius 1 is 0.361 bits per heavy atom. The van der Waals surface area contributed by atoms with Crippen molar-refractivity contribution in [2.24, 2.45) is 0 Å². The molecule has 0 saturated heterocycles. The van der Waals surface area contributed by atoms with E-state index < -0.39 is 0 Å². The van der Waals surface area contributed by atoms with Gasteiger partial charge >= 0.3 is 0 Å². The smallest absolute Gasteiger partial charge is 0.0495 e. The fourth-order valence-electron chi connectivity index (χ4n) is 5.19. The molecule has 0 fully saturated rings. The van der Waals surface area contributed by atoms with Crippen molar-refractivity contribution in [3.63, 3.8) is 0 Å². The molecule has 36 heavy (non-hydrogen) atoms. The van der Waals surface area contributed by atoms with E-state index in [2.05, 4.69) is 157 Å². The molecule has 0 saturated carbocycles. The second-order valence-corrected chi connectivity index (χ2v) is 9.15. The highest BCUT2D eigenvalue weighted by atomic mass is 15.1. The molecule has 0 aliphatic heterocycles. The number of para-hydroxylation sites is 2. The van der Waals surface area contributed by atoms with Crippen molar-refractivity contribution < 1.29 is 0 Å². The number of fused-ring (bicyclic) bond motifs is 2. The normalized spacial score (nSPS) is 11.1. The highest BCUT2D eigenvalue weighted by Gasteiger charge is 2.21. The standard InChI is InChI=1S/C34H28N2/c1-35(27-15-5-3-6-16-27)31-23-21-25-13-9-11-19-29(25)33(31)34-30-20-12-10-14-26(30)22-24-32(34)36(2)28-17-7-4-8-18-28/h3-24H,1-2H3. The van der Waals surface area contributed by atoms with Crippen LogP contribution in [-0.2, 0) is 0 Å². The van der Waals surface area contributed by atoms with E-state index in [1.807, 2.05) is 0 Å². The summed E-state index contributed by atoms with van der Waals surface area (Å²) in [5.41, 5.74) is 7.17. The first kappa shape index (κ1) is 21.9. The number of rotatable bonds is 5. The van der Waals surface area contributed by atoms with Crippen molar-refractivity contribution in [3.05, 3.63) is 133 Å². The lowest BCUT2D eigenvalue weighted by molar-refractivity contribution is 1.20. The highest BCUT2D eigenvalue weighted by molar-refractivity contribution is 6.14. The van der Waals surface area contributed by atoms with E-state index in [1.165, 1.54) is 44.0 Å². The van der Waals surface area contributed by atoms with Crippen LogP contribution in [-0.4, -0.2) is 14.1 Å². The predicted molar refractivity (Wildman–Crippen MR) is 156 cm³/mol. The molecule has 6 rings (SSSR count). The van der Waals surface area contributed by atoms with Gasteiger partial charge in [0.2, 0.25) is 0 Å². The molecule has 0 N–H and O–H groups in total. The van der Waals surface area contributed by atoms with Gasteiger partial charge in [-0.2, -0.15) is 0 Å². The quantitative estimate of drug-likeness (QED) is 0.251. The molecule has 0 amide bonds. The summed E-state index contributed by atoms with van der Waals surface area (Å²) in [6.07, 6.45) is 0. The van der Waals surface area contributed by atoms with Gasteiger partial charge in [0.15, 0.2) is 0 Å². The summed E-state index contributed by atoms with van der Waals surface area (Å²) in [4.78, 5) is 4.60. The Hall–Kier alpha value is -4.56. The van der Waals surface area contributed by atoms with Crippen molar-refractivity contribution in [3.8, 4) is 11.1 Å². The van der Waals surface area contributed by atoms with Crippen molar-refractivity contribution in [1.82, 2.24) is 0 Å². The Morgan fingerprint density at radius 2 is 0.722 bits per heavy atom. The fourth-order valence-corrected chi connectivity index (χ4v) is 5.19. The Bertz CT molecular complexity index is 1530. The van der Waals surface area contributed by atoms with Gasteiger partial charge in [0.25, 0.3) is 0 Å². The average molecular weight is 465 g/mol. The first-order chi connectivity index (χ1) is 17.7. The lowest BCUT2D eigenvalue weighted by Gasteiger charge is -2.29. The Kier molecular flexibility index (Phi) is 5.63. The van der Waals surface area contributed by atoms with E-state index >= 15 is 0 Å². The van der Waals surface area contributed by atoms with E-state index in [4.69, 9.17) is 0 Å². The van der Waals surface area contributed by atoms with Gasteiger partial charge in [0.1, 0.15) is 0 Å². The molecule has 2 nitrogen and oxygen atoms in total. The average Bonchev–Trinajstić information content (AvgIpc) is 2.96. The van der Waals surface area contributed by atoms with Crippen LogP contribution in [0.4, 0.5) is 22.7 Å². The zero-order chi connectivity index (χ0) is 24.5. The summed E-state index contributed by atoms with van der Waals surface area (Å²) in [7, 11) is 4.32. The van der Waals surface area contributed by atoms with Gasteiger partial charge in [-0.05, 0) is 57.9 Å². The minimum absolute atomic E-state index is 1.16. The monoisotopic (exact) mass is 464 g/mol. The molecule has 0 bridgehead atoms. The minimum Gasteiger partial charge on any atom is -0.344 e. The molecule has 0 aliphatic carbocycles. The van der Waals surface area contributed by atoms with Gasteiger partial charge in [-0.25, -0.2) is 0 Å². The zero-order valence-corrected chi connectivity index (χ0v) is 20.6. The molecule has 0 spiro atoms. The number of hydrogen-bond acceptors (Lipinski definition) is 2. The summed E-state index contributed by atoms with van der Waals surface area (Å²) in [5, 5.41) is 4.96. The topological polar surface area (TPSA) is 6.48 Å². The van der Waals surface area contributed by atoms with Crippen LogP contribution in [0.25, 0.3) is 32.7 Å². The van der Waals surface area contributed by atoms with Gasteiger partial charge < -0.3 is 9.80 Å².